The highest BCUT2D eigenvalue weighted by molar-refractivity contribution is 5.83. The molecule has 1 aliphatic rings. The van der Waals surface area contributed by atoms with Gasteiger partial charge < -0.3 is 19.1 Å². The maximum atomic E-state index is 12.0. The molecule has 1 atom stereocenters. The standard InChI is InChI=1S/C13H21NO5/c1-6-13(10(15)17-5)9-14(7-8-18-13)11(16)19-12(2,3)4/h6H,1,7-9H2,2-5H3. The first kappa shape index (κ1) is 15.5. The molecule has 0 aromatic heterocycles. The van der Waals surface area contributed by atoms with Gasteiger partial charge in [0, 0.05) is 6.54 Å². The first-order valence-electron chi connectivity index (χ1n) is 6.08. The summed E-state index contributed by atoms with van der Waals surface area (Å²) in [6.07, 6.45) is 0.876. The molecule has 0 aliphatic carbocycles. The van der Waals surface area contributed by atoms with Gasteiger partial charge in [-0.3, -0.25) is 0 Å². The number of carbonyl (C=O) groups is 2. The van der Waals surface area contributed by atoms with Crippen LogP contribution in [-0.2, 0) is 19.0 Å². The first-order chi connectivity index (χ1) is 8.74. The van der Waals surface area contributed by atoms with Crippen LogP contribution in [0.25, 0.3) is 0 Å². The van der Waals surface area contributed by atoms with Crippen molar-refractivity contribution < 1.29 is 23.8 Å². The summed E-state index contributed by atoms with van der Waals surface area (Å²) in [4.78, 5) is 25.2. The van der Waals surface area contributed by atoms with Crippen LogP contribution < -0.4 is 0 Å². The van der Waals surface area contributed by atoms with Crippen LogP contribution in [-0.4, -0.2) is 55.0 Å². The van der Waals surface area contributed by atoms with Crippen molar-refractivity contribution in [3.8, 4) is 0 Å². The van der Waals surface area contributed by atoms with Crippen molar-refractivity contribution in [1.29, 1.82) is 0 Å². The third-order valence-electron chi connectivity index (χ3n) is 2.66. The Labute approximate surface area is 113 Å². The summed E-state index contributed by atoms with van der Waals surface area (Å²) < 4.78 is 15.4. The highest BCUT2D eigenvalue weighted by Crippen LogP contribution is 2.22. The molecule has 0 aromatic carbocycles. The minimum absolute atomic E-state index is 0.0398. The van der Waals surface area contributed by atoms with E-state index in [-0.39, 0.29) is 13.2 Å². The lowest BCUT2D eigenvalue weighted by atomic mass is 10.0. The fourth-order valence-electron chi connectivity index (χ4n) is 1.73. The van der Waals surface area contributed by atoms with Crippen LogP contribution in [0.3, 0.4) is 0 Å². The zero-order valence-corrected chi connectivity index (χ0v) is 11.9. The molecule has 1 saturated heterocycles. The zero-order chi connectivity index (χ0) is 14.7. The lowest BCUT2D eigenvalue weighted by Crippen LogP contribution is -2.57. The van der Waals surface area contributed by atoms with E-state index in [1.54, 1.807) is 20.8 Å². The van der Waals surface area contributed by atoms with E-state index in [1.807, 2.05) is 0 Å². The summed E-state index contributed by atoms with van der Waals surface area (Å²) in [6, 6.07) is 0. The van der Waals surface area contributed by atoms with Crippen molar-refractivity contribution in [2.45, 2.75) is 32.0 Å². The number of morpholine rings is 1. The highest BCUT2D eigenvalue weighted by Gasteiger charge is 2.44. The van der Waals surface area contributed by atoms with Crippen LogP contribution in [0.1, 0.15) is 20.8 Å². The van der Waals surface area contributed by atoms with E-state index in [1.165, 1.54) is 18.1 Å². The third kappa shape index (κ3) is 3.70. The molecule has 0 spiro atoms. The molecule has 1 aliphatic heterocycles. The zero-order valence-electron chi connectivity index (χ0n) is 11.9. The summed E-state index contributed by atoms with van der Waals surface area (Å²) >= 11 is 0. The molecule has 19 heavy (non-hydrogen) atoms. The van der Waals surface area contributed by atoms with E-state index in [0.29, 0.717) is 6.54 Å². The molecule has 0 N–H and O–H groups in total. The topological polar surface area (TPSA) is 65.1 Å². The van der Waals surface area contributed by atoms with E-state index in [9.17, 15) is 9.59 Å². The molecule has 6 nitrogen and oxygen atoms in total. The number of hydrogen-bond donors (Lipinski definition) is 0. The van der Waals surface area contributed by atoms with Crippen LogP contribution >= 0.6 is 0 Å². The van der Waals surface area contributed by atoms with Crippen molar-refractivity contribution in [3.05, 3.63) is 12.7 Å². The quantitative estimate of drug-likeness (QED) is 0.560. The Balaban J connectivity index is 2.81. The summed E-state index contributed by atoms with van der Waals surface area (Å²) in [6.45, 7) is 9.57. The summed E-state index contributed by atoms with van der Waals surface area (Å²) in [7, 11) is 1.27. The smallest absolute Gasteiger partial charge is 0.410 e. The monoisotopic (exact) mass is 271 g/mol. The summed E-state index contributed by atoms with van der Waals surface area (Å²) in [5.74, 6) is -0.573. The second kappa shape index (κ2) is 5.61. The van der Waals surface area contributed by atoms with Crippen LogP contribution in [0.5, 0.6) is 0 Å². The Morgan fingerprint density at radius 2 is 2.05 bits per heavy atom. The molecule has 1 amide bonds. The second-order valence-corrected chi connectivity index (χ2v) is 5.34. The number of carbonyl (C=O) groups excluding carboxylic acids is 2. The van der Waals surface area contributed by atoms with Gasteiger partial charge in [-0.1, -0.05) is 6.58 Å². The largest absolute Gasteiger partial charge is 0.467 e. The normalized spacial score (nSPS) is 23.7. The predicted molar refractivity (Wildman–Crippen MR) is 68.7 cm³/mol. The van der Waals surface area contributed by atoms with Crippen molar-refractivity contribution in [3.63, 3.8) is 0 Å². The van der Waals surface area contributed by atoms with Gasteiger partial charge in [0.05, 0.1) is 20.3 Å². The second-order valence-electron chi connectivity index (χ2n) is 5.34. The molecule has 1 unspecified atom stereocenters. The molecule has 0 bridgehead atoms. The van der Waals surface area contributed by atoms with Crippen LogP contribution in [0.2, 0.25) is 0 Å². The average Bonchev–Trinajstić information content (AvgIpc) is 2.35. The van der Waals surface area contributed by atoms with Gasteiger partial charge in [0.25, 0.3) is 0 Å². The van der Waals surface area contributed by atoms with Crippen molar-refractivity contribution in [1.82, 2.24) is 4.90 Å². The summed E-state index contributed by atoms with van der Waals surface area (Å²) in [5.41, 5.74) is -1.90. The number of methoxy groups -OCH3 is 1. The molecule has 1 rings (SSSR count). The van der Waals surface area contributed by atoms with Gasteiger partial charge in [-0.05, 0) is 26.8 Å². The molecule has 1 heterocycles. The Bertz CT molecular complexity index is 374. The predicted octanol–water partition coefficient (Wildman–Crippen LogP) is 1.35. The van der Waals surface area contributed by atoms with Crippen LogP contribution in [0.15, 0.2) is 12.7 Å². The molecule has 1 fully saturated rings. The maximum Gasteiger partial charge on any atom is 0.410 e. The molecular formula is C13H21NO5. The number of ether oxygens (including phenoxy) is 3. The van der Waals surface area contributed by atoms with E-state index < -0.39 is 23.3 Å². The third-order valence-corrected chi connectivity index (χ3v) is 2.66. The van der Waals surface area contributed by atoms with Gasteiger partial charge in [0.1, 0.15) is 5.60 Å². The Morgan fingerprint density at radius 3 is 2.53 bits per heavy atom. The molecule has 108 valence electrons. The van der Waals surface area contributed by atoms with Crippen LogP contribution in [0, 0.1) is 0 Å². The first-order valence-corrected chi connectivity index (χ1v) is 6.08. The van der Waals surface area contributed by atoms with E-state index >= 15 is 0 Å². The van der Waals surface area contributed by atoms with Crippen LogP contribution in [0.4, 0.5) is 4.79 Å². The molecule has 0 radical (unpaired) electrons. The van der Waals surface area contributed by atoms with E-state index in [4.69, 9.17) is 14.2 Å². The van der Waals surface area contributed by atoms with Gasteiger partial charge in [-0.25, -0.2) is 9.59 Å². The average molecular weight is 271 g/mol. The van der Waals surface area contributed by atoms with Crippen molar-refractivity contribution >= 4 is 12.1 Å². The van der Waals surface area contributed by atoms with E-state index in [2.05, 4.69) is 6.58 Å². The number of rotatable bonds is 2. The molecule has 6 heteroatoms. The molecular weight excluding hydrogens is 250 g/mol. The highest BCUT2D eigenvalue weighted by atomic mass is 16.6. The lowest BCUT2D eigenvalue weighted by molar-refractivity contribution is -0.171. The molecule has 0 saturated carbocycles. The number of amides is 1. The van der Waals surface area contributed by atoms with Gasteiger partial charge in [0.15, 0.2) is 0 Å². The SMILES string of the molecule is C=CC1(C(=O)OC)CN(C(=O)OC(C)(C)C)CCO1. The van der Waals surface area contributed by atoms with Crippen molar-refractivity contribution in [2.24, 2.45) is 0 Å². The molecule has 0 aromatic rings. The fraction of sp³-hybridized carbons (Fsp3) is 0.692. The van der Waals surface area contributed by atoms with Gasteiger partial charge in [-0.2, -0.15) is 0 Å². The number of esters is 1. The Morgan fingerprint density at radius 1 is 1.42 bits per heavy atom. The lowest BCUT2D eigenvalue weighted by Gasteiger charge is -2.39. The Hall–Kier alpha value is -1.56. The van der Waals surface area contributed by atoms with Gasteiger partial charge >= 0.3 is 12.1 Å². The maximum absolute atomic E-state index is 12.0. The minimum atomic E-state index is -1.32. The fourth-order valence-corrected chi connectivity index (χ4v) is 1.73. The van der Waals surface area contributed by atoms with Crippen molar-refractivity contribution in [2.75, 3.05) is 26.8 Å². The summed E-state index contributed by atoms with van der Waals surface area (Å²) in [5, 5.41) is 0. The van der Waals surface area contributed by atoms with E-state index in [0.717, 1.165) is 0 Å². The number of hydrogen-bond acceptors (Lipinski definition) is 5. The van der Waals surface area contributed by atoms with Gasteiger partial charge in [-0.15, -0.1) is 0 Å². The minimum Gasteiger partial charge on any atom is -0.467 e. The number of nitrogens with zero attached hydrogens (tertiary/aromatic N) is 1. The van der Waals surface area contributed by atoms with Gasteiger partial charge in [0.2, 0.25) is 5.60 Å². The Kier molecular flexibility index (Phi) is 4.57.